The van der Waals surface area contributed by atoms with Crippen molar-refractivity contribution in [3.05, 3.63) is 59.4 Å². The number of nitrogens with zero attached hydrogens (tertiary/aromatic N) is 1. The number of unbranched alkanes of at least 4 members (excludes halogenated alkanes) is 1. The first-order valence-electron chi connectivity index (χ1n) is 13.8. The van der Waals surface area contributed by atoms with Crippen LogP contribution in [0.25, 0.3) is 0 Å². The molecule has 0 aliphatic rings. The summed E-state index contributed by atoms with van der Waals surface area (Å²) in [5.41, 5.74) is -0.337. The fourth-order valence-corrected chi connectivity index (χ4v) is 4.15. The molecule has 0 fully saturated rings. The number of pyridine rings is 1. The van der Waals surface area contributed by atoms with Crippen molar-refractivity contribution >= 4 is 29.4 Å². The van der Waals surface area contributed by atoms with Crippen LogP contribution in [0.4, 0.5) is 0 Å². The van der Waals surface area contributed by atoms with Crippen LogP contribution in [0.5, 0.6) is 5.75 Å². The fraction of sp³-hybridized carbons (Fsp3) is 0.548. The van der Waals surface area contributed by atoms with Crippen LogP contribution < -0.4 is 15.4 Å². The van der Waals surface area contributed by atoms with Crippen molar-refractivity contribution in [1.82, 2.24) is 15.6 Å². The molecule has 1 heterocycles. The predicted octanol–water partition coefficient (Wildman–Crippen LogP) is 5.52. The maximum absolute atomic E-state index is 13.5. The number of hydrogen-bond acceptors (Lipinski definition) is 6. The van der Waals surface area contributed by atoms with Crippen LogP contribution in [0.1, 0.15) is 72.9 Å². The smallest absolute Gasteiger partial charge is 0.307 e. The first-order valence-corrected chi connectivity index (χ1v) is 14.2. The van der Waals surface area contributed by atoms with Crippen molar-refractivity contribution in [3.8, 4) is 5.75 Å². The molecule has 2 aromatic rings. The topological polar surface area (TPSA) is 107 Å². The lowest BCUT2D eigenvalue weighted by Crippen LogP contribution is -2.55. The second-order valence-corrected chi connectivity index (χ2v) is 12.4. The van der Waals surface area contributed by atoms with Gasteiger partial charge in [0.1, 0.15) is 17.4 Å². The standard InChI is InChI=1S/C31H44ClN3O5/c1-30(2,3)27(29(38)34-19-17-24-12-7-9-18-33-24)35-28(37)22(21-26(36)40-31(4,5)6)11-8-10-20-39-25-15-13-23(32)14-16-25/h7,9,12-16,18,22,27H,8,10-11,17,19-21H2,1-6H3,(H,34,38)(H,35,37)/t22-,27-/m1/s1. The van der Waals surface area contributed by atoms with Crippen LogP contribution in [0.3, 0.4) is 0 Å². The van der Waals surface area contributed by atoms with E-state index in [4.69, 9.17) is 21.1 Å². The van der Waals surface area contributed by atoms with Gasteiger partial charge in [0, 0.05) is 35.8 Å². The van der Waals surface area contributed by atoms with Crippen LogP contribution in [0.15, 0.2) is 48.7 Å². The second-order valence-electron chi connectivity index (χ2n) is 12.0. The number of aromatic nitrogens is 1. The number of hydrogen-bond donors (Lipinski definition) is 2. The summed E-state index contributed by atoms with van der Waals surface area (Å²) in [6.45, 7) is 11.9. The van der Waals surface area contributed by atoms with Gasteiger partial charge in [-0.15, -0.1) is 0 Å². The zero-order chi connectivity index (χ0) is 29.8. The first-order chi connectivity index (χ1) is 18.7. The molecule has 0 saturated carbocycles. The quantitative estimate of drug-likeness (QED) is 0.228. The zero-order valence-electron chi connectivity index (χ0n) is 24.6. The molecule has 1 aromatic carbocycles. The van der Waals surface area contributed by atoms with Gasteiger partial charge >= 0.3 is 5.97 Å². The van der Waals surface area contributed by atoms with Gasteiger partial charge in [-0.05, 0) is 81.8 Å². The Kier molecular flexibility index (Phi) is 12.9. The van der Waals surface area contributed by atoms with Crippen LogP contribution in [-0.4, -0.2) is 47.6 Å². The van der Waals surface area contributed by atoms with Crippen molar-refractivity contribution < 1.29 is 23.9 Å². The highest BCUT2D eigenvalue weighted by molar-refractivity contribution is 6.30. The Balaban J connectivity index is 2.00. The van der Waals surface area contributed by atoms with E-state index in [1.165, 1.54) is 0 Å². The molecule has 0 aliphatic heterocycles. The van der Waals surface area contributed by atoms with Gasteiger partial charge in [0.15, 0.2) is 0 Å². The summed E-state index contributed by atoms with van der Waals surface area (Å²) in [6.07, 6.45) is 4.02. The Morgan fingerprint density at radius 1 is 0.950 bits per heavy atom. The maximum atomic E-state index is 13.5. The molecule has 2 atom stereocenters. The molecule has 0 aliphatic carbocycles. The molecule has 220 valence electrons. The van der Waals surface area contributed by atoms with Crippen molar-refractivity contribution in [1.29, 1.82) is 0 Å². The molecule has 0 saturated heterocycles. The lowest BCUT2D eigenvalue weighted by molar-refractivity contribution is -0.157. The third kappa shape index (κ3) is 12.8. The van der Waals surface area contributed by atoms with Crippen molar-refractivity contribution in [2.45, 2.75) is 85.3 Å². The van der Waals surface area contributed by atoms with E-state index < -0.39 is 28.9 Å². The number of carbonyl (C=O) groups is 3. The van der Waals surface area contributed by atoms with Gasteiger partial charge in [0.25, 0.3) is 0 Å². The Labute approximate surface area is 243 Å². The Morgan fingerprint density at radius 2 is 1.65 bits per heavy atom. The fourth-order valence-electron chi connectivity index (χ4n) is 4.02. The summed E-state index contributed by atoms with van der Waals surface area (Å²) in [5, 5.41) is 6.49. The normalized spacial score (nSPS) is 13.2. The minimum absolute atomic E-state index is 0.0701. The molecule has 8 nitrogen and oxygen atoms in total. The summed E-state index contributed by atoms with van der Waals surface area (Å²) in [6, 6.07) is 12.0. The highest BCUT2D eigenvalue weighted by atomic mass is 35.5. The van der Waals surface area contributed by atoms with Crippen LogP contribution in [0.2, 0.25) is 5.02 Å². The van der Waals surface area contributed by atoms with Gasteiger partial charge in [-0.1, -0.05) is 38.4 Å². The van der Waals surface area contributed by atoms with Gasteiger partial charge < -0.3 is 20.1 Å². The van der Waals surface area contributed by atoms with E-state index in [1.807, 2.05) is 39.0 Å². The molecule has 1 aromatic heterocycles. The molecule has 0 spiro atoms. The first kappa shape index (κ1) is 33.1. The van der Waals surface area contributed by atoms with Crippen LogP contribution in [0, 0.1) is 11.3 Å². The monoisotopic (exact) mass is 573 g/mol. The Bertz CT molecular complexity index is 1080. The summed E-state index contributed by atoms with van der Waals surface area (Å²) in [4.78, 5) is 43.5. The molecule has 2 amide bonds. The Hall–Kier alpha value is -3.13. The number of nitrogens with one attached hydrogen (secondary N) is 2. The number of ether oxygens (including phenoxy) is 2. The Morgan fingerprint density at radius 3 is 2.25 bits per heavy atom. The third-order valence-electron chi connectivity index (χ3n) is 6.05. The van der Waals surface area contributed by atoms with Crippen LogP contribution >= 0.6 is 11.6 Å². The molecule has 0 unspecified atom stereocenters. The SMILES string of the molecule is CC(C)(C)OC(=O)C[C@@H](CCCCOc1ccc(Cl)cc1)C(=O)N[C@H](C(=O)NCCc1ccccn1)C(C)(C)C. The van der Waals surface area contributed by atoms with E-state index in [0.717, 1.165) is 11.4 Å². The van der Waals surface area contributed by atoms with E-state index in [1.54, 1.807) is 51.2 Å². The number of halogens is 1. The average molecular weight is 574 g/mol. The lowest BCUT2D eigenvalue weighted by Gasteiger charge is -2.32. The molecule has 40 heavy (non-hydrogen) atoms. The molecule has 2 rings (SSSR count). The minimum Gasteiger partial charge on any atom is -0.494 e. The van der Waals surface area contributed by atoms with Crippen molar-refractivity contribution in [2.24, 2.45) is 11.3 Å². The maximum Gasteiger partial charge on any atom is 0.307 e. The van der Waals surface area contributed by atoms with E-state index in [9.17, 15) is 14.4 Å². The predicted molar refractivity (Wildman–Crippen MR) is 157 cm³/mol. The lowest BCUT2D eigenvalue weighted by atomic mass is 9.85. The highest BCUT2D eigenvalue weighted by Gasteiger charge is 2.35. The number of rotatable bonds is 14. The number of benzene rings is 1. The number of amides is 2. The molecular weight excluding hydrogens is 530 g/mol. The van der Waals surface area contributed by atoms with Gasteiger partial charge in [0.2, 0.25) is 11.8 Å². The minimum atomic E-state index is -0.780. The summed E-state index contributed by atoms with van der Waals surface area (Å²) >= 11 is 5.92. The van der Waals surface area contributed by atoms with E-state index in [0.29, 0.717) is 43.9 Å². The molecule has 0 radical (unpaired) electrons. The molecule has 9 heteroatoms. The van der Waals surface area contributed by atoms with Gasteiger partial charge in [-0.25, -0.2) is 0 Å². The van der Waals surface area contributed by atoms with E-state index in [-0.39, 0.29) is 18.2 Å². The number of carbonyl (C=O) groups excluding carboxylic acids is 3. The third-order valence-corrected chi connectivity index (χ3v) is 6.31. The van der Waals surface area contributed by atoms with Gasteiger partial charge in [-0.2, -0.15) is 0 Å². The molecule has 0 bridgehead atoms. The summed E-state index contributed by atoms with van der Waals surface area (Å²) < 4.78 is 11.2. The molecule has 2 N–H and O–H groups in total. The van der Waals surface area contributed by atoms with Crippen molar-refractivity contribution in [3.63, 3.8) is 0 Å². The van der Waals surface area contributed by atoms with Crippen LogP contribution in [-0.2, 0) is 25.5 Å². The molecular formula is C31H44ClN3O5. The highest BCUT2D eigenvalue weighted by Crippen LogP contribution is 2.23. The van der Waals surface area contributed by atoms with Crippen molar-refractivity contribution in [2.75, 3.05) is 13.2 Å². The van der Waals surface area contributed by atoms with E-state index in [2.05, 4.69) is 15.6 Å². The van der Waals surface area contributed by atoms with Gasteiger partial charge in [0.05, 0.1) is 13.0 Å². The largest absolute Gasteiger partial charge is 0.494 e. The summed E-state index contributed by atoms with van der Waals surface area (Å²) in [5.74, 6) is -0.989. The zero-order valence-corrected chi connectivity index (χ0v) is 25.3. The summed E-state index contributed by atoms with van der Waals surface area (Å²) in [7, 11) is 0. The number of esters is 1. The average Bonchev–Trinajstić information content (AvgIpc) is 2.86. The second kappa shape index (κ2) is 15.6. The van der Waals surface area contributed by atoms with Gasteiger partial charge in [-0.3, -0.25) is 19.4 Å². The van der Waals surface area contributed by atoms with E-state index >= 15 is 0 Å².